The average molecular weight is 224 g/mol. The Kier molecular flexibility index (Phi) is 4.28. The molecule has 0 radical (unpaired) electrons. The molecule has 0 fully saturated rings. The van der Waals surface area contributed by atoms with E-state index in [9.17, 15) is 4.79 Å². The number of nitrogens with zero attached hydrogens (tertiary/aromatic N) is 4. The van der Waals surface area contributed by atoms with Crippen LogP contribution >= 0.6 is 0 Å². The third-order valence-corrected chi connectivity index (χ3v) is 1.80. The first kappa shape index (κ1) is 12.0. The van der Waals surface area contributed by atoms with Gasteiger partial charge in [0.1, 0.15) is 6.54 Å². The Bertz CT molecular complexity index is 365. The summed E-state index contributed by atoms with van der Waals surface area (Å²) in [7, 11) is 2.92. The van der Waals surface area contributed by atoms with Gasteiger partial charge in [0.15, 0.2) is 5.82 Å². The highest BCUT2D eigenvalue weighted by atomic mass is 16.5. The minimum atomic E-state index is -0.484. The second-order valence-corrected chi connectivity index (χ2v) is 2.76. The maximum atomic E-state index is 11.1. The van der Waals surface area contributed by atoms with Gasteiger partial charge in [-0.25, -0.2) is 25.3 Å². The van der Waals surface area contributed by atoms with E-state index in [2.05, 4.69) is 25.4 Å². The van der Waals surface area contributed by atoms with Crippen LogP contribution in [0.4, 0.5) is 0 Å². The second kappa shape index (κ2) is 5.71. The SMILES string of the molecule is CNN(Cc1ncc(C(=O)OC)cn1)N=N. The van der Waals surface area contributed by atoms with Gasteiger partial charge in [-0.05, 0) is 0 Å². The number of nitrogens with one attached hydrogen (secondary N) is 2. The molecule has 0 aliphatic carbocycles. The van der Waals surface area contributed by atoms with Crippen molar-refractivity contribution in [3.8, 4) is 0 Å². The fraction of sp³-hybridized carbons (Fsp3) is 0.375. The topological polar surface area (TPSA) is 104 Å². The van der Waals surface area contributed by atoms with Gasteiger partial charge in [0.05, 0.1) is 12.7 Å². The van der Waals surface area contributed by atoms with Crippen molar-refractivity contribution in [1.82, 2.24) is 20.5 Å². The summed E-state index contributed by atoms with van der Waals surface area (Å²) in [6.45, 7) is 0.238. The van der Waals surface area contributed by atoms with E-state index in [-0.39, 0.29) is 12.1 Å². The van der Waals surface area contributed by atoms with Crippen molar-refractivity contribution >= 4 is 5.97 Å². The van der Waals surface area contributed by atoms with Crippen LogP contribution in [0, 0.1) is 5.53 Å². The minimum Gasteiger partial charge on any atom is -0.465 e. The lowest BCUT2D eigenvalue weighted by atomic mass is 10.3. The lowest BCUT2D eigenvalue weighted by molar-refractivity contribution is 0.0599. The summed E-state index contributed by atoms with van der Waals surface area (Å²) >= 11 is 0. The van der Waals surface area contributed by atoms with Crippen molar-refractivity contribution in [1.29, 1.82) is 5.53 Å². The van der Waals surface area contributed by atoms with E-state index in [4.69, 9.17) is 5.53 Å². The molecular weight excluding hydrogens is 212 g/mol. The van der Waals surface area contributed by atoms with Crippen LogP contribution in [0.3, 0.4) is 0 Å². The van der Waals surface area contributed by atoms with Crippen LogP contribution < -0.4 is 5.43 Å². The molecule has 0 amide bonds. The van der Waals surface area contributed by atoms with Crippen LogP contribution in [0.2, 0.25) is 0 Å². The van der Waals surface area contributed by atoms with E-state index in [0.717, 1.165) is 0 Å². The monoisotopic (exact) mass is 224 g/mol. The van der Waals surface area contributed by atoms with E-state index >= 15 is 0 Å². The predicted octanol–water partition coefficient (Wildman–Crippen LogP) is 0.146. The number of hydrogen-bond acceptors (Lipinski definition) is 7. The molecule has 16 heavy (non-hydrogen) atoms. The molecule has 0 saturated heterocycles. The zero-order chi connectivity index (χ0) is 12.0. The van der Waals surface area contributed by atoms with Crippen LogP contribution in [0.25, 0.3) is 0 Å². The Morgan fingerprint density at radius 3 is 2.69 bits per heavy atom. The van der Waals surface area contributed by atoms with Crippen molar-refractivity contribution in [2.24, 2.45) is 5.22 Å². The highest BCUT2D eigenvalue weighted by molar-refractivity contribution is 5.88. The van der Waals surface area contributed by atoms with E-state index < -0.39 is 5.97 Å². The number of methoxy groups -OCH3 is 1. The van der Waals surface area contributed by atoms with Crippen LogP contribution in [0.5, 0.6) is 0 Å². The van der Waals surface area contributed by atoms with Crippen molar-refractivity contribution in [2.75, 3.05) is 14.2 Å². The van der Waals surface area contributed by atoms with Gasteiger partial charge < -0.3 is 4.74 Å². The molecular formula is C8H12N6O2. The van der Waals surface area contributed by atoms with Gasteiger partial charge in [0, 0.05) is 19.4 Å². The van der Waals surface area contributed by atoms with Crippen molar-refractivity contribution in [2.45, 2.75) is 6.54 Å². The van der Waals surface area contributed by atoms with Crippen molar-refractivity contribution < 1.29 is 9.53 Å². The first-order chi connectivity index (χ1) is 7.71. The molecule has 0 bridgehead atoms. The highest BCUT2D eigenvalue weighted by Crippen LogP contribution is 2.00. The maximum absolute atomic E-state index is 11.1. The smallest absolute Gasteiger partial charge is 0.341 e. The number of esters is 1. The van der Waals surface area contributed by atoms with Gasteiger partial charge in [0.25, 0.3) is 0 Å². The Hall–Kier alpha value is -2.09. The van der Waals surface area contributed by atoms with Gasteiger partial charge in [-0.3, -0.25) is 0 Å². The normalized spacial score (nSPS) is 9.62. The molecule has 0 spiro atoms. The molecule has 0 aromatic carbocycles. The Labute approximate surface area is 92.1 Å². The number of ether oxygens (including phenoxy) is 1. The number of carbonyl (C=O) groups is 1. The molecule has 0 aliphatic rings. The molecule has 0 saturated carbocycles. The molecule has 8 heteroatoms. The minimum absolute atomic E-state index is 0.238. The molecule has 86 valence electrons. The first-order valence-electron chi connectivity index (χ1n) is 4.42. The van der Waals surface area contributed by atoms with Gasteiger partial charge in [-0.2, -0.15) is 5.53 Å². The van der Waals surface area contributed by atoms with Crippen LogP contribution in [0.1, 0.15) is 16.2 Å². The van der Waals surface area contributed by atoms with Crippen LogP contribution in [-0.2, 0) is 11.3 Å². The molecule has 2 N–H and O–H groups in total. The average Bonchev–Trinajstić information content (AvgIpc) is 2.35. The van der Waals surface area contributed by atoms with E-state index in [1.165, 1.54) is 24.6 Å². The lowest BCUT2D eigenvalue weighted by Crippen LogP contribution is -2.29. The zero-order valence-electron chi connectivity index (χ0n) is 8.97. The van der Waals surface area contributed by atoms with E-state index in [1.54, 1.807) is 7.05 Å². The van der Waals surface area contributed by atoms with Gasteiger partial charge >= 0.3 is 5.97 Å². The quantitative estimate of drug-likeness (QED) is 0.419. The number of aromatic nitrogens is 2. The molecule has 0 atom stereocenters. The van der Waals surface area contributed by atoms with Gasteiger partial charge in [-0.1, -0.05) is 5.22 Å². The summed E-state index contributed by atoms with van der Waals surface area (Å²) in [6, 6.07) is 0. The summed E-state index contributed by atoms with van der Waals surface area (Å²) in [5.74, 6) is -0.0415. The Balaban J connectivity index is 2.71. The number of rotatable bonds is 5. The summed E-state index contributed by atoms with van der Waals surface area (Å²) in [5, 5.41) is 4.42. The lowest BCUT2D eigenvalue weighted by Gasteiger charge is -2.13. The van der Waals surface area contributed by atoms with Crippen LogP contribution in [0.15, 0.2) is 17.6 Å². The Morgan fingerprint density at radius 1 is 1.62 bits per heavy atom. The van der Waals surface area contributed by atoms with Gasteiger partial charge in [-0.15, -0.1) is 0 Å². The first-order valence-corrected chi connectivity index (χ1v) is 4.42. The molecule has 1 heterocycles. The van der Waals surface area contributed by atoms with E-state index in [0.29, 0.717) is 5.82 Å². The zero-order valence-corrected chi connectivity index (χ0v) is 8.97. The Morgan fingerprint density at radius 2 is 2.25 bits per heavy atom. The fourth-order valence-corrected chi connectivity index (χ4v) is 0.958. The standard InChI is InChI=1S/C8H12N6O2/c1-10-14(13-9)5-7-11-3-6(4-12-7)8(15)16-2/h3-4,9-10H,5H2,1-2H3. The molecule has 8 nitrogen and oxygen atoms in total. The predicted molar refractivity (Wildman–Crippen MR) is 53.1 cm³/mol. The molecule has 1 aromatic heterocycles. The summed E-state index contributed by atoms with van der Waals surface area (Å²) in [6.07, 6.45) is 2.73. The number of hydrazine groups is 1. The van der Waals surface area contributed by atoms with Crippen molar-refractivity contribution in [3.63, 3.8) is 0 Å². The summed E-state index contributed by atoms with van der Waals surface area (Å²) < 4.78 is 4.51. The third kappa shape index (κ3) is 2.95. The fourth-order valence-electron chi connectivity index (χ4n) is 0.958. The van der Waals surface area contributed by atoms with Crippen molar-refractivity contribution in [3.05, 3.63) is 23.8 Å². The van der Waals surface area contributed by atoms with Crippen LogP contribution in [-0.4, -0.2) is 35.2 Å². The van der Waals surface area contributed by atoms with Gasteiger partial charge in [0.2, 0.25) is 0 Å². The number of hydrogen-bond donors (Lipinski definition) is 2. The maximum Gasteiger partial charge on any atom is 0.341 e. The third-order valence-electron chi connectivity index (χ3n) is 1.80. The molecule has 0 unspecified atom stereocenters. The number of carbonyl (C=O) groups excluding carboxylic acids is 1. The summed E-state index contributed by atoms with van der Waals surface area (Å²) in [5.41, 5.74) is 9.75. The largest absolute Gasteiger partial charge is 0.465 e. The molecule has 0 aliphatic heterocycles. The highest BCUT2D eigenvalue weighted by Gasteiger charge is 2.08. The van der Waals surface area contributed by atoms with E-state index in [1.807, 2.05) is 0 Å². The second-order valence-electron chi connectivity index (χ2n) is 2.76. The molecule has 1 rings (SSSR count). The molecule has 1 aromatic rings. The summed E-state index contributed by atoms with van der Waals surface area (Å²) in [4.78, 5) is 19.0.